The van der Waals surface area contributed by atoms with Crippen molar-refractivity contribution in [2.75, 3.05) is 6.79 Å². The summed E-state index contributed by atoms with van der Waals surface area (Å²) >= 11 is 9.45. The third-order valence-corrected chi connectivity index (χ3v) is 3.41. The number of nitrogens with zero attached hydrogens (tertiary/aromatic N) is 3. The number of ether oxygens (including phenoxy) is 2. The minimum Gasteiger partial charge on any atom is -0.454 e. The summed E-state index contributed by atoms with van der Waals surface area (Å²) in [5.74, 6) is 1.29. The number of benzene rings is 1. The fourth-order valence-corrected chi connectivity index (χ4v) is 2.32. The zero-order valence-corrected chi connectivity index (χ0v) is 11.6. The van der Waals surface area contributed by atoms with Crippen molar-refractivity contribution < 1.29 is 9.47 Å². The Bertz CT molecular complexity index is 588. The Morgan fingerprint density at radius 3 is 3.06 bits per heavy atom. The van der Waals surface area contributed by atoms with Crippen molar-refractivity contribution in [1.29, 1.82) is 0 Å². The molecule has 0 saturated carbocycles. The van der Waals surface area contributed by atoms with Gasteiger partial charge >= 0.3 is 0 Å². The Morgan fingerprint density at radius 2 is 2.28 bits per heavy atom. The lowest BCUT2D eigenvalue weighted by Crippen LogP contribution is -2.00. The van der Waals surface area contributed by atoms with E-state index in [9.17, 15) is 0 Å². The molecule has 2 aromatic rings. The second-order valence-electron chi connectivity index (χ2n) is 3.85. The number of halogens is 2. The van der Waals surface area contributed by atoms with Crippen molar-refractivity contribution in [3.63, 3.8) is 0 Å². The normalized spacial score (nSPS) is 13.0. The van der Waals surface area contributed by atoms with E-state index in [1.165, 1.54) is 0 Å². The molecule has 1 aromatic carbocycles. The Balaban J connectivity index is 1.87. The fourth-order valence-electron chi connectivity index (χ4n) is 1.78. The third kappa shape index (κ3) is 2.18. The fraction of sp³-hybridized carbons (Fsp3) is 0.273. The first kappa shape index (κ1) is 11.8. The molecular formula is C11H9BrClN3O2. The molecule has 0 bridgehead atoms. The van der Waals surface area contributed by atoms with Crippen LogP contribution in [0, 0.1) is 0 Å². The molecule has 5 nitrogen and oxygen atoms in total. The van der Waals surface area contributed by atoms with E-state index in [-0.39, 0.29) is 6.79 Å². The van der Waals surface area contributed by atoms with Gasteiger partial charge in [0.2, 0.25) is 6.79 Å². The summed E-state index contributed by atoms with van der Waals surface area (Å²) < 4.78 is 12.3. The Morgan fingerprint density at radius 1 is 1.39 bits per heavy atom. The van der Waals surface area contributed by atoms with Crippen molar-refractivity contribution >= 4 is 27.5 Å². The lowest BCUT2D eigenvalue weighted by molar-refractivity contribution is 0.174. The lowest BCUT2D eigenvalue weighted by Gasteiger charge is -2.04. The van der Waals surface area contributed by atoms with Crippen LogP contribution in [0.25, 0.3) is 0 Å². The van der Waals surface area contributed by atoms with Gasteiger partial charge in [0.05, 0.1) is 17.3 Å². The van der Waals surface area contributed by atoms with Gasteiger partial charge in [-0.2, -0.15) is 0 Å². The number of fused-ring (bicyclic) bond motifs is 1. The number of rotatable bonds is 3. The van der Waals surface area contributed by atoms with E-state index < -0.39 is 0 Å². The Hall–Kier alpha value is -1.27. The largest absolute Gasteiger partial charge is 0.454 e. The highest BCUT2D eigenvalue weighted by atomic mass is 79.9. The van der Waals surface area contributed by atoms with Gasteiger partial charge < -0.3 is 9.47 Å². The number of alkyl halides is 1. The predicted octanol–water partition coefficient (Wildman–Crippen LogP) is 2.60. The molecule has 0 amide bonds. The summed E-state index contributed by atoms with van der Waals surface area (Å²) in [7, 11) is 0. The zero-order chi connectivity index (χ0) is 12.5. The van der Waals surface area contributed by atoms with Crippen LogP contribution in [-0.4, -0.2) is 21.8 Å². The van der Waals surface area contributed by atoms with E-state index >= 15 is 0 Å². The van der Waals surface area contributed by atoms with Gasteiger partial charge in [0.1, 0.15) is 0 Å². The molecule has 0 fully saturated rings. The molecule has 1 aliphatic rings. The summed E-state index contributed by atoms with van der Waals surface area (Å²) in [6, 6.07) is 3.76. The molecule has 3 rings (SSSR count). The summed E-state index contributed by atoms with van der Waals surface area (Å²) in [6.45, 7) is 0.811. The average molecular weight is 331 g/mol. The number of aromatic nitrogens is 3. The van der Waals surface area contributed by atoms with Gasteiger partial charge in [-0.15, -0.1) is 5.10 Å². The highest BCUT2D eigenvalue weighted by Gasteiger charge is 2.18. The van der Waals surface area contributed by atoms with Crippen molar-refractivity contribution in [2.24, 2.45) is 0 Å². The van der Waals surface area contributed by atoms with Gasteiger partial charge in [0, 0.05) is 11.5 Å². The lowest BCUT2D eigenvalue weighted by atomic mass is 10.2. The first-order valence-electron chi connectivity index (χ1n) is 5.29. The summed E-state index contributed by atoms with van der Waals surface area (Å²) in [5.41, 5.74) is 1.89. The maximum absolute atomic E-state index is 6.12. The monoisotopic (exact) mass is 329 g/mol. The maximum atomic E-state index is 6.12. The Kier molecular flexibility index (Phi) is 3.13. The molecule has 94 valence electrons. The molecule has 0 saturated heterocycles. The van der Waals surface area contributed by atoms with Gasteiger partial charge in [-0.25, -0.2) is 4.68 Å². The van der Waals surface area contributed by atoms with Crippen molar-refractivity contribution in [1.82, 2.24) is 15.0 Å². The minimum atomic E-state index is 0.218. The molecule has 0 aliphatic carbocycles. The molecule has 7 heteroatoms. The molecule has 0 N–H and O–H groups in total. The molecule has 0 spiro atoms. The second-order valence-corrected chi connectivity index (χ2v) is 4.82. The van der Waals surface area contributed by atoms with Crippen molar-refractivity contribution in [2.45, 2.75) is 11.9 Å². The van der Waals surface area contributed by atoms with Crippen LogP contribution in [-0.2, 0) is 11.9 Å². The van der Waals surface area contributed by atoms with Crippen LogP contribution in [0.4, 0.5) is 0 Å². The van der Waals surface area contributed by atoms with E-state index in [4.69, 9.17) is 21.1 Å². The molecule has 1 aromatic heterocycles. The average Bonchev–Trinajstić information content (AvgIpc) is 2.97. The molecule has 0 radical (unpaired) electrons. The zero-order valence-electron chi connectivity index (χ0n) is 9.27. The van der Waals surface area contributed by atoms with Gasteiger partial charge in [-0.3, -0.25) is 0 Å². The van der Waals surface area contributed by atoms with Crippen LogP contribution in [0.3, 0.4) is 0 Å². The van der Waals surface area contributed by atoms with Crippen molar-refractivity contribution in [3.05, 3.63) is 34.6 Å². The molecule has 18 heavy (non-hydrogen) atoms. The molecular weight excluding hydrogens is 321 g/mol. The standard InChI is InChI=1S/C11H9BrClN3O2/c12-3-8-5-16(15-14-8)4-7-1-9(13)11-10(2-7)17-6-18-11/h1-2,5H,3-4,6H2. The van der Waals surface area contributed by atoms with Crippen LogP contribution < -0.4 is 9.47 Å². The summed E-state index contributed by atoms with van der Waals surface area (Å²) in [5, 5.41) is 9.28. The number of hydrogen-bond donors (Lipinski definition) is 0. The van der Waals surface area contributed by atoms with Crippen LogP contribution in [0.2, 0.25) is 5.02 Å². The third-order valence-electron chi connectivity index (χ3n) is 2.55. The van der Waals surface area contributed by atoms with Crippen LogP contribution >= 0.6 is 27.5 Å². The van der Waals surface area contributed by atoms with E-state index in [0.717, 1.165) is 11.3 Å². The SMILES string of the molecule is Clc1cc(Cn2cc(CBr)nn2)cc2c1OCO2. The van der Waals surface area contributed by atoms with Crippen LogP contribution in [0.1, 0.15) is 11.3 Å². The van der Waals surface area contributed by atoms with Gasteiger partial charge in [-0.05, 0) is 17.7 Å². The second kappa shape index (κ2) is 4.78. The molecule has 0 unspecified atom stereocenters. The van der Waals surface area contributed by atoms with E-state index in [1.807, 2.05) is 18.3 Å². The van der Waals surface area contributed by atoms with E-state index in [1.54, 1.807) is 4.68 Å². The predicted molar refractivity (Wildman–Crippen MR) is 69.3 cm³/mol. The van der Waals surface area contributed by atoms with Crippen molar-refractivity contribution in [3.8, 4) is 11.5 Å². The van der Waals surface area contributed by atoms with Crippen LogP contribution in [0.15, 0.2) is 18.3 Å². The van der Waals surface area contributed by atoms with E-state index in [0.29, 0.717) is 28.4 Å². The van der Waals surface area contributed by atoms with Gasteiger partial charge in [-0.1, -0.05) is 32.7 Å². The smallest absolute Gasteiger partial charge is 0.231 e. The van der Waals surface area contributed by atoms with Gasteiger partial charge in [0.25, 0.3) is 0 Å². The quantitative estimate of drug-likeness (QED) is 0.812. The maximum Gasteiger partial charge on any atom is 0.231 e. The minimum absolute atomic E-state index is 0.218. The first-order chi connectivity index (χ1) is 8.76. The van der Waals surface area contributed by atoms with E-state index in [2.05, 4.69) is 26.2 Å². The van der Waals surface area contributed by atoms with Gasteiger partial charge in [0.15, 0.2) is 11.5 Å². The first-order valence-corrected chi connectivity index (χ1v) is 6.79. The highest BCUT2D eigenvalue weighted by molar-refractivity contribution is 9.08. The summed E-state index contributed by atoms with van der Waals surface area (Å²) in [6.07, 6.45) is 1.88. The molecule has 0 atom stereocenters. The summed E-state index contributed by atoms with van der Waals surface area (Å²) in [4.78, 5) is 0. The topological polar surface area (TPSA) is 49.2 Å². The Labute approximate surface area is 117 Å². The molecule has 1 aliphatic heterocycles. The number of hydrogen-bond acceptors (Lipinski definition) is 4. The highest BCUT2D eigenvalue weighted by Crippen LogP contribution is 2.39. The van der Waals surface area contributed by atoms with Crippen LogP contribution in [0.5, 0.6) is 11.5 Å². The molecule has 2 heterocycles.